The number of hydrogen-bond donors (Lipinski definition) is 0. The van der Waals surface area contributed by atoms with Crippen LogP contribution in [0.1, 0.15) is 6.42 Å². The summed E-state index contributed by atoms with van der Waals surface area (Å²) in [7, 11) is 0. The van der Waals surface area contributed by atoms with Gasteiger partial charge in [-0.2, -0.15) is 0 Å². The first kappa shape index (κ1) is 9.40. The second-order valence-electron chi connectivity index (χ2n) is 3.41. The summed E-state index contributed by atoms with van der Waals surface area (Å²) in [6.45, 7) is 5.26. The lowest BCUT2D eigenvalue weighted by atomic mass is 10.4. The number of rotatable bonds is 4. The van der Waals surface area contributed by atoms with Crippen LogP contribution in [0.4, 0.5) is 0 Å². The summed E-state index contributed by atoms with van der Waals surface area (Å²) in [5.41, 5.74) is 0. The predicted molar refractivity (Wildman–Crippen MR) is 45.7 cm³/mol. The molecule has 2 atom stereocenters. The zero-order valence-corrected chi connectivity index (χ0v) is 7.74. The van der Waals surface area contributed by atoms with Crippen LogP contribution in [0.5, 0.6) is 0 Å². The largest absolute Gasteiger partial charge is 0.381 e. The molecule has 3 aliphatic rings. The first-order valence-corrected chi connectivity index (χ1v) is 4.84. The zero-order chi connectivity index (χ0) is 8.93. The monoisotopic (exact) mass is 188 g/mol. The first-order valence-electron chi connectivity index (χ1n) is 4.84. The van der Waals surface area contributed by atoms with Crippen molar-refractivity contribution < 1.29 is 18.9 Å². The van der Waals surface area contributed by atoms with Crippen LogP contribution < -0.4 is 0 Å². The molecule has 4 heteroatoms. The smallest absolute Gasteiger partial charge is 0.104 e. The maximum absolute atomic E-state index is 5.23. The number of epoxide rings is 2. The van der Waals surface area contributed by atoms with Gasteiger partial charge in [-0.15, -0.1) is 0 Å². The number of hydrogen-bond acceptors (Lipinski definition) is 4. The molecule has 0 radical (unpaired) electrons. The molecule has 3 heterocycles. The van der Waals surface area contributed by atoms with Crippen LogP contribution in [-0.4, -0.2) is 51.8 Å². The SMILES string of the molecule is C(OCC1CO1)C1CO1.C1COC1. The zero-order valence-electron chi connectivity index (χ0n) is 7.74. The third-order valence-electron chi connectivity index (χ3n) is 1.99. The van der Waals surface area contributed by atoms with Crippen molar-refractivity contribution in [3.63, 3.8) is 0 Å². The summed E-state index contributed by atoms with van der Waals surface area (Å²) in [5, 5.41) is 0. The van der Waals surface area contributed by atoms with Crippen LogP contribution in [-0.2, 0) is 18.9 Å². The van der Waals surface area contributed by atoms with Gasteiger partial charge in [0.15, 0.2) is 0 Å². The van der Waals surface area contributed by atoms with Crippen LogP contribution in [0.3, 0.4) is 0 Å². The minimum atomic E-state index is 0.392. The molecule has 0 bridgehead atoms. The van der Waals surface area contributed by atoms with Gasteiger partial charge in [-0.3, -0.25) is 0 Å². The Morgan fingerprint density at radius 3 is 1.62 bits per heavy atom. The van der Waals surface area contributed by atoms with Gasteiger partial charge in [-0.1, -0.05) is 0 Å². The summed E-state index contributed by atoms with van der Waals surface area (Å²) in [6.07, 6.45) is 2.06. The van der Waals surface area contributed by atoms with E-state index in [4.69, 9.17) is 18.9 Å². The average Bonchev–Trinajstić information content (AvgIpc) is 2.75. The Kier molecular flexibility index (Phi) is 3.55. The van der Waals surface area contributed by atoms with Gasteiger partial charge in [0.25, 0.3) is 0 Å². The molecule has 3 rings (SSSR count). The molecule has 0 amide bonds. The fourth-order valence-corrected chi connectivity index (χ4v) is 0.804. The third-order valence-corrected chi connectivity index (χ3v) is 1.99. The second-order valence-corrected chi connectivity index (χ2v) is 3.41. The second kappa shape index (κ2) is 4.91. The highest BCUT2D eigenvalue weighted by molar-refractivity contribution is 4.71. The highest BCUT2D eigenvalue weighted by Gasteiger charge is 2.26. The molecule has 3 saturated heterocycles. The Morgan fingerprint density at radius 1 is 1.00 bits per heavy atom. The molecular formula is C9H16O4. The van der Waals surface area contributed by atoms with E-state index in [9.17, 15) is 0 Å². The summed E-state index contributed by atoms with van der Waals surface area (Å²) in [5.74, 6) is 0. The minimum Gasteiger partial charge on any atom is -0.381 e. The average molecular weight is 188 g/mol. The first-order chi connectivity index (χ1) is 6.45. The van der Waals surface area contributed by atoms with Crippen molar-refractivity contribution in [3.8, 4) is 0 Å². The van der Waals surface area contributed by atoms with Crippen LogP contribution in [0.2, 0.25) is 0 Å². The Bertz CT molecular complexity index is 123. The van der Waals surface area contributed by atoms with E-state index in [2.05, 4.69) is 0 Å². The van der Waals surface area contributed by atoms with Crippen molar-refractivity contribution in [1.82, 2.24) is 0 Å². The molecule has 0 aliphatic carbocycles. The van der Waals surface area contributed by atoms with Crippen molar-refractivity contribution in [2.75, 3.05) is 39.6 Å². The summed E-state index contributed by atoms with van der Waals surface area (Å²) >= 11 is 0. The normalized spacial score (nSPS) is 34.2. The quantitative estimate of drug-likeness (QED) is 0.591. The van der Waals surface area contributed by atoms with E-state index in [0.29, 0.717) is 12.2 Å². The lowest BCUT2D eigenvalue weighted by Crippen LogP contribution is -2.09. The molecule has 0 aromatic carbocycles. The Balaban J connectivity index is 0.000000137. The van der Waals surface area contributed by atoms with E-state index < -0.39 is 0 Å². The molecule has 3 fully saturated rings. The van der Waals surface area contributed by atoms with Gasteiger partial charge in [0.05, 0.1) is 26.4 Å². The van der Waals surface area contributed by atoms with Gasteiger partial charge >= 0.3 is 0 Å². The summed E-state index contributed by atoms with van der Waals surface area (Å²) in [4.78, 5) is 0. The van der Waals surface area contributed by atoms with Gasteiger partial charge in [0, 0.05) is 13.2 Å². The summed E-state index contributed by atoms with van der Waals surface area (Å²) in [6, 6.07) is 0. The van der Waals surface area contributed by atoms with E-state index in [1.54, 1.807) is 0 Å². The maximum Gasteiger partial charge on any atom is 0.104 e. The standard InChI is InChI=1S/C6H10O3.C3H6O/c1(5-3-8-5)7-2-6-4-9-6;1-2-4-3-1/h5-6H,1-4H2;1-3H2. The maximum atomic E-state index is 5.23. The molecule has 2 unspecified atom stereocenters. The molecule has 0 N–H and O–H groups in total. The van der Waals surface area contributed by atoms with Crippen molar-refractivity contribution in [3.05, 3.63) is 0 Å². The van der Waals surface area contributed by atoms with Crippen molar-refractivity contribution in [2.45, 2.75) is 18.6 Å². The van der Waals surface area contributed by atoms with Crippen LogP contribution in [0, 0.1) is 0 Å². The van der Waals surface area contributed by atoms with Crippen LogP contribution in [0.25, 0.3) is 0 Å². The summed E-state index contributed by atoms with van der Waals surface area (Å²) < 4.78 is 19.8. The van der Waals surface area contributed by atoms with Gasteiger partial charge in [0.2, 0.25) is 0 Å². The molecule has 0 spiro atoms. The molecule has 4 nitrogen and oxygen atoms in total. The Hall–Kier alpha value is -0.160. The third kappa shape index (κ3) is 4.57. The molecule has 0 aromatic heterocycles. The minimum absolute atomic E-state index is 0.392. The van der Waals surface area contributed by atoms with E-state index in [0.717, 1.165) is 39.6 Å². The highest BCUT2D eigenvalue weighted by Crippen LogP contribution is 2.12. The van der Waals surface area contributed by atoms with E-state index in [1.165, 1.54) is 6.42 Å². The van der Waals surface area contributed by atoms with E-state index in [1.807, 2.05) is 0 Å². The molecule has 0 aromatic rings. The Morgan fingerprint density at radius 2 is 1.38 bits per heavy atom. The predicted octanol–water partition coefficient (Wildman–Crippen LogP) is 0.207. The van der Waals surface area contributed by atoms with Crippen LogP contribution in [0.15, 0.2) is 0 Å². The molecule has 13 heavy (non-hydrogen) atoms. The van der Waals surface area contributed by atoms with Gasteiger partial charge in [-0.05, 0) is 6.42 Å². The van der Waals surface area contributed by atoms with E-state index >= 15 is 0 Å². The molecule has 0 saturated carbocycles. The number of ether oxygens (including phenoxy) is 4. The molecule has 3 aliphatic heterocycles. The highest BCUT2D eigenvalue weighted by atomic mass is 16.6. The van der Waals surface area contributed by atoms with Crippen molar-refractivity contribution >= 4 is 0 Å². The van der Waals surface area contributed by atoms with Crippen LogP contribution >= 0.6 is 0 Å². The molecular weight excluding hydrogens is 172 g/mol. The van der Waals surface area contributed by atoms with Gasteiger partial charge in [-0.25, -0.2) is 0 Å². The Labute approximate surface area is 78.1 Å². The lowest BCUT2D eigenvalue weighted by Gasteiger charge is -2.09. The van der Waals surface area contributed by atoms with Gasteiger partial charge < -0.3 is 18.9 Å². The van der Waals surface area contributed by atoms with Gasteiger partial charge in [0.1, 0.15) is 12.2 Å². The fourth-order valence-electron chi connectivity index (χ4n) is 0.804. The molecule has 76 valence electrons. The van der Waals surface area contributed by atoms with Crippen molar-refractivity contribution in [1.29, 1.82) is 0 Å². The van der Waals surface area contributed by atoms with E-state index in [-0.39, 0.29) is 0 Å². The lowest BCUT2D eigenvalue weighted by molar-refractivity contribution is 0.0367. The van der Waals surface area contributed by atoms with Crippen molar-refractivity contribution in [2.24, 2.45) is 0 Å². The topological polar surface area (TPSA) is 43.5 Å². The fraction of sp³-hybridized carbons (Fsp3) is 1.00.